The number of amides is 2. The highest BCUT2D eigenvalue weighted by Gasteiger charge is 2.46. The monoisotopic (exact) mass is 531 g/mol. The topological polar surface area (TPSA) is 83.1 Å². The fraction of sp³-hybridized carbons (Fsp3) is 0.375. The van der Waals surface area contributed by atoms with Crippen LogP contribution in [0.25, 0.3) is 0 Å². The molecule has 4 rings (SSSR count). The molecule has 1 N–H and O–H groups in total. The van der Waals surface area contributed by atoms with Crippen molar-refractivity contribution in [1.82, 2.24) is 5.32 Å². The first-order valence-electron chi connectivity index (χ1n) is 13.6. The van der Waals surface area contributed by atoms with E-state index in [-0.39, 0.29) is 0 Å². The molecule has 2 amide bonds. The lowest BCUT2D eigenvalue weighted by Gasteiger charge is -2.19. The highest BCUT2D eigenvalue weighted by molar-refractivity contribution is 6.03. The lowest BCUT2D eigenvalue weighted by atomic mass is 9.95. The van der Waals surface area contributed by atoms with E-state index in [0.717, 1.165) is 42.1 Å². The number of hydrogen-bond donors (Lipinski definition) is 1. The zero-order valence-corrected chi connectivity index (χ0v) is 23.1. The van der Waals surface area contributed by atoms with E-state index < -0.39 is 17.6 Å². The number of rotatable bonds is 13. The highest BCUT2D eigenvalue weighted by atomic mass is 16.6. The van der Waals surface area contributed by atoms with Gasteiger partial charge in [-0.1, -0.05) is 51.5 Å². The maximum atomic E-state index is 12.0. The predicted octanol–water partition coefficient (Wildman–Crippen LogP) is 6.96. The summed E-state index contributed by atoms with van der Waals surface area (Å²) in [5.41, 5.74) is 1.69. The summed E-state index contributed by atoms with van der Waals surface area (Å²) < 4.78 is 23.2. The molecule has 0 aliphatic carbocycles. The molecule has 1 fully saturated rings. The van der Waals surface area contributed by atoms with E-state index in [2.05, 4.69) is 44.3 Å². The van der Waals surface area contributed by atoms with E-state index in [1.54, 1.807) is 31.2 Å². The summed E-state index contributed by atoms with van der Waals surface area (Å²) in [4.78, 5) is 23.5. The number of aryl methyl sites for hydroxylation is 1. The Balaban J connectivity index is 1.26. The Morgan fingerprint density at radius 3 is 2.18 bits per heavy atom. The quantitative estimate of drug-likeness (QED) is 0.240. The number of carbonyl (C=O) groups excluding carboxylic acids is 2. The second-order valence-electron chi connectivity index (χ2n) is 10.3. The Labute approximate surface area is 230 Å². The molecule has 1 aliphatic rings. The van der Waals surface area contributed by atoms with Gasteiger partial charge in [-0.25, -0.2) is 4.79 Å². The standard InChI is InChI=1S/C32H37NO6/c1-5-7-24-21-28(38-27-12-8-23(9-13-27)20-22(2)3)16-17-29(24)37-19-6-18-36-26-14-10-25(11-15-26)32(4)30(34)33-31(35)39-32/h8-17,21-22H,5-7,18-20H2,1-4H3,(H,33,34,35). The molecule has 1 aliphatic heterocycles. The van der Waals surface area contributed by atoms with Crippen molar-refractivity contribution < 1.29 is 28.5 Å². The van der Waals surface area contributed by atoms with Gasteiger partial charge in [0.05, 0.1) is 13.2 Å². The third-order valence-corrected chi connectivity index (χ3v) is 6.52. The summed E-state index contributed by atoms with van der Waals surface area (Å²) in [5.74, 6) is 3.30. The smallest absolute Gasteiger partial charge is 0.415 e. The minimum Gasteiger partial charge on any atom is -0.493 e. The van der Waals surface area contributed by atoms with Gasteiger partial charge >= 0.3 is 6.09 Å². The van der Waals surface area contributed by atoms with Crippen LogP contribution in [0.4, 0.5) is 4.79 Å². The van der Waals surface area contributed by atoms with Crippen molar-refractivity contribution in [2.75, 3.05) is 13.2 Å². The van der Waals surface area contributed by atoms with Crippen molar-refractivity contribution in [1.29, 1.82) is 0 Å². The molecule has 1 unspecified atom stereocenters. The van der Waals surface area contributed by atoms with Crippen molar-refractivity contribution >= 4 is 12.0 Å². The van der Waals surface area contributed by atoms with Crippen molar-refractivity contribution in [3.63, 3.8) is 0 Å². The van der Waals surface area contributed by atoms with Crippen LogP contribution in [0.1, 0.15) is 57.2 Å². The largest absolute Gasteiger partial charge is 0.493 e. The zero-order chi connectivity index (χ0) is 27.8. The zero-order valence-electron chi connectivity index (χ0n) is 23.1. The van der Waals surface area contributed by atoms with Crippen molar-refractivity contribution in [2.45, 2.75) is 59.0 Å². The first kappa shape index (κ1) is 28.0. The van der Waals surface area contributed by atoms with E-state index in [1.807, 2.05) is 24.3 Å². The van der Waals surface area contributed by atoms with Crippen LogP contribution in [0.15, 0.2) is 66.7 Å². The van der Waals surface area contributed by atoms with Crippen LogP contribution in [0.2, 0.25) is 0 Å². The predicted molar refractivity (Wildman–Crippen MR) is 150 cm³/mol. The molecule has 1 saturated heterocycles. The van der Waals surface area contributed by atoms with Crippen molar-refractivity contribution in [2.24, 2.45) is 5.92 Å². The van der Waals surface area contributed by atoms with E-state index >= 15 is 0 Å². The second-order valence-corrected chi connectivity index (χ2v) is 10.3. The van der Waals surface area contributed by atoms with Crippen LogP contribution in [-0.2, 0) is 28.0 Å². The maximum Gasteiger partial charge on any atom is 0.415 e. The van der Waals surface area contributed by atoms with Crippen LogP contribution in [0.5, 0.6) is 23.0 Å². The summed E-state index contributed by atoms with van der Waals surface area (Å²) in [5, 5.41) is 2.16. The summed E-state index contributed by atoms with van der Waals surface area (Å²) in [6, 6.07) is 21.2. The molecule has 39 heavy (non-hydrogen) atoms. The van der Waals surface area contributed by atoms with Crippen LogP contribution in [0.3, 0.4) is 0 Å². The summed E-state index contributed by atoms with van der Waals surface area (Å²) in [6.45, 7) is 9.14. The molecule has 0 radical (unpaired) electrons. The lowest BCUT2D eigenvalue weighted by molar-refractivity contribution is -0.130. The van der Waals surface area contributed by atoms with Gasteiger partial charge < -0.3 is 18.9 Å². The summed E-state index contributed by atoms with van der Waals surface area (Å²) in [6.07, 6.45) is 2.92. The maximum absolute atomic E-state index is 12.0. The molecule has 0 saturated carbocycles. The third-order valence-electron chi connectivity index (χ3n) is 6.52. The van der Waals surface area contributed by atoms with Gasteiger partial charge in [0, 0.05) is 12.0 Å². The fourth-order valence-electron chi connectivity index (χ4n) is 4.49. The Kier molecular flexibility index (Phi) is 9.12. The number of benzene rings is 3. The summed E-state index contributed by atoms with van der Waals surface area (Å²) >= 11 is 0. The Hall–Kier alpha value is -4.00. The minimum atomic E-state index is -1.32. The van der Waals surface area contributed by atoms with Crippen LogP contribution < -0.4 is 19.5 Å². The molecule has 1 atom stereocenters. The number of imide groups is 1. The summed E-state index contributed by atoms with van der Waals surface area (Å²) in [7, 11) is 0. The van der Waals surface area contributed by atoms with Gasteiger partial charge in [-0.3, -0.25) is 10.1 Å². The number of alkyl carbamates (subject to hydrolysis) is 1. The molecule has 0 spiro atoms. The van der Waals surface area contributed by atoms with E-state index in [0.29, 0.717) is 36.9 Å². The molecule has 0 bridgehead atoms. The van der Waals surface area contributed by atoms with Gasteiger partial charge in [-0.05, 0) is 79.3 Å². The number of carbonyl (C=O) groups is 2. The number of hydrogen-bond acceptors (Lipinski definition) is 6. The van der Waals surface area contributed by atoms with Gasteiger partial charge in [0.1, 0.15) is 23.0 Å². The Morgan fingerprint density at radius 1 is 0.872 bits per heavy atom. The first-order chi connectivity index (χ1) is 18.8. The van der Waals surface area contributed by atoms with Gasteiger partial charge in [0.2, 0.25) is 5.60 Å². The number of nitrogens with one attached hydrogen (secondary N) is 1. The lowest BCUT2D eigenvalue weighted by Crippen LogP contribution is -2.33. The normalized spacial score (nSPS) is 16.6. The van der Waals surface area contributed by atoms with Crippen LogP contribution >= 0.6 is 0 Å². The van der Waals surface area contributed by atoms with Crippen LogP contribution in [-0.4, -0.2) is 25.2 Å². The molecule has 0 aromatic heterocycles. The number of ether oxygens (including phenoxy) is 4. The molecule has 3 aromatic carbocycles. The average molecular weight is 532 g/mol. The Bertz CT molecular complexity index is 1270. The van der Waals surface area contributed by atoms with Gasteiger partial charge in [-0.2, -0.15) is 0 Å². The second kappa shape index (κ2) is 12.7. The third kappa shape index (κ3) is 7.31. The van der Waals surface area contributed by atoms with Crippen molar-refractivity contribution in [3.05, 3.63) is 83.4 Å². The highest BCUT2D eigenvalue weighted by Crippen LogP contribution is 2.31. The molecule has 1 heterocycles. The number of cyclic esters (lactones) is 1. The van der Waals surface area contributed by atoms with Gasteiger partial charge in [0.15, 0.2) is 0 Å². The molecule has 3 aromatic rings. The van der Waals surface area contributed by atoms with Gasteiger partial charge in [-0.15, -0.1) is 0 Å². The van der Waals surface area contributed by atoms with E-state index in [1.165, 1.54) is 5.56 Å². The Morgan fingerprint density at radius 2 is 1.54 bits per heavy atom. The average Bonchev–Trinajstić information content (AvgIpc) is 3.18. The van der Waals surface area contributed by atoms with Gasteiger partial charge in [0.25, 0.3) is 5.91 Å². The molecule has 7 heteroatoms. The SMILES string of the molecule is CCCc1cc(Oc2ccc(CC(C)C)cc2)ccc1OCCCOc1ccc(C2(C)OC(=O)NC2=O)cc1. The first-order valence-corrected chi connectivity index (χ1v) is 13.6. The van der Waals surface area contributed by atoms with Crippen molar-refractivity contribution in [3.8, 4) is 23.0 Å². The molecular formula is C32H37NO6. The molecule has 7 nitrogen and oxygen atoms in total. The molecule has 206 valence electrons. The minimum absolute atomic E-state index is 0.475. The fourth-order valence-corrected chi connectivity index (χ4v) is 4.49. The molecular weight excluding hydrogens is 494 g/mol. The van der Waals surface area contributed by atoms with Crippen LogP contribution in [0, 0.1) is 5.92 Å². The van der Waals surface area contributed by atoms with E-state index in [4.69, 9.17) is 18.9 Å². The van der Waals surface area contributed by atoms with E-state index in [9.17, 15) is 9.59 Å².